The molecular formula is C26H27Cl2SSiZr. The van der Waals surface area contributed by atoms with E-state index in [0.717, 1.165) is 5.54 Å². The Morgan fingerprint density at radius 3 is 2.32 bits per heavy atom. The van der Waals surface area contributed by atoms with Crippen LogP contribution in [-0.2, 0) is 24.7 Å². The first-order valence-corrected chi connectivity index (χ1v) is 16.0. The SMILES string of the molecule is CC(C)C1=Cc2c(ccc3ccccc23)[CH]1[Zr+2].CC1=C2c3cscc3C1[Si]2(C)C.[Cl-].[Cl-]. The van der Waals surface area contributed by atoms with Gasteiger partial charge in [0.2, 0.25) is 0 Å². The molecule has 2 unspecified atom stereocenters. The minimum absolute atomic E-state index is 0. The second kappa shape index (κ2) is 9.07. The van der Waals surface area contributed by atoms with Gasteiger partial charge < -0.3 is 24.8 Å². The van der Waals surface area contributed by atoms with Gasteiger partial charge in [-0.2, -0.15) is 11.3 Å². The molecular weight excluding hydrogens is 535 g/mol. The van der Waals surface area contributed by atoms with Crippen molar-refractivity contribution in [3.8, 4) is 0 Å². The van der Waals surface area contributed by atoms with Crippen LogP contribution in [-0.4, -0.2) is 8.07 Å². The molecule has 31 heavy (non-hydrogen) atoms. The predicted molar refractivity (Wildman–Crippen MR) is 127 cm³/mol. The van der Waals surface area contributed by atoms with E-state index < -0.39 is 8.07 Å². The topological polar surface area (TPSA) is 0 Å². The van der Waals surface area contributed by atoms with Gasteiger partial charge in [0.05, 0.1) is 8.07 Å². The third kappa shape index (κ3) is 3.73. The van der Waals surface area contributed by atoms with Crippen molar-refractivity contribution in [1.29, 1.82) is 0 Å². The minimum atomic E-state index is -0.976. The number of rotatable bonds is 1. The van der Waals surface area contributed by atoms with Crippen molar-refractivity contribution >= 4 is 41.5 Å². The van der Waals surface area contributed by atoms with E-state index in [1.807, 2.05) is 11.3 Å². The molecule has 4 aliphatic rings. The summed E-state index contributed by atoms with van der Waals surface area (Å²) < 4.78 is 0.668. The molecule has 0 fully saturated rings. The Hall–Kier alpha value is -0.440. The standard InChI is InChI=1S/C16H15.C10H12SSi.2ClH.Zr/c1-11(2)14-9-13-8-7-12-5-3-4-6-15(12)16(13)10-14;1-6-9-7-4-11-5-8(7)10(6)12(9,2)3;;;/h3-11H,1-2H3;4-5,9H,1-3H3;2*1H;/q;;;;+2/p-2. The van der Waals surface area contributed by atoms with Crippen molar-refractivity contribution in [2.45, 2.75) is 43.0 Å². The van der Waals surface area contributed by atoms with Crippen molar-refractivity contribution in [2.24, 2.45) is 5.92 Å². The fraction of sp³-hybridized carbons (Fsp3) is 0.308. The molecule has 2 aliphatic heterocycles. The van der Waals surface area contributed by atoms with Crippen molar-refractivity contribution in [3.63, 3.8) is 0 Å². The maximum Gasteiger partial charge on any atom is 0.0931 e. The van der Waals surface area contributed by atoms with E-state index in [4.69, 9.17) is 0 Å². The van der Waals surface area contributed by atoms with Gasteiger partial charge in [-0.05, 0) is 28.8 Å². The molecule has 0 N–H and O–H groups in total. The predicted octanol–water partition coefficient (Wildman–Crippen LogP) is 1.91. The average molecular weight is 562 g/mol. The Labute approximate surface area is 218 Å². The van der Waals surface area contributed by atoms with Crippen LogP contribution in [0.4, 0.5) is 0 Å². The second-order valence-corrected chi connectivity index (χ2v) is 16.2. The maximum absolute atomic E-state index is 2.50. The molecule has 1 aromatic heterocycles. The largest absolute Gasteiger partial charge is 1.00 e. The third-order valence-corrected chi connectivity index (χ3v) is 13.6. The van der Waals surface area contributed by atoms with Crippen LogP contribution in [0, 0.1) is 5.92 Å². The van der Waals surface area contributed by atoms with Gasteiger partial charge in [-0.15, -0.1) is 0 Å². The quantitative estimate of drug-likeness (QED) is 0.399. The van der Waals surface area contributed by atoms with E-state index >= 15 is 0 Å². The number of hydrogen-bond donors (Lipinski definition) is 0. The molecule has 0 nitrogen and oxygen atoms in total. The molecule has 2 bridgehead atoms. The molecule has 3 aromatic rings. The Morgan fingerprint density at radius 1 is 0.968 bits per heavy atom. The van der Waals surface area contributed by atoms with Gasteiger partial charge in [-0.3, -0.25) is 0 Å². The molecule has 2 aromatic carbocycles. The molecule has 7 rings (SSSR count). The number of halogens is 2. The zero-order valence-electron chi connectivity index (χ0n) is 18.6. The first kappa shape index (κ1) is 25.2. The van der Waals surface area contributed by atoms with Gasteiger partial charge >= 0.3 is 118 Å². The van der Waals surface area contributed by atoms with Crippen LogP contribution in [0.5, 0.6) is 0 Å². The molecule has 0 radical (unpaired) electrons. The number of thiophene rings is 1. The van der Waals surface area contributed by atoms with Crippen molar-refractivity contribution in [3.05, 3.63) is 80.6 Å². The van der Waals surface area contributed by atoms with Gasteiger partial charge in [0.15, 0.2) is 0 Å². The molecule has 0 amide bonds. The van der Waals surface area contributed by atoms with Crippen LogP contribution in [0.25, 0.3) is 22.0 Å². The number of benzene rings is 2. The van der Waals surface area contributed by atoms with Gasteiger partial charge in [-0.25, -0.2) is 0 Å². The molecule has 0 saturated carbocycles. The average Bonchev–Trinajstić information content (AvgIpc) is 3.38. The fourth-order valence-corrected chi connectivity index (χ4v) is 12.9. The maximum atomic E-state index is 2.50. The fourth-order valence-electron chi connectivity index (χ4n) is 5.83. The molecule has 5 heteroatoms. The second-order valence-electron chi connectivity index (χ2n) is 9.48. The van der Waals surface area contributed by atoms with E-state index in [9.17, 15) is 0 Å². The van der Waals surface area contributed by atoms with E-state index in [2.05, 4.69) is 87.1 Å². The first-order valence-electron chi connectivity index (χ1n) is 10.5. The summed E-state index contributed by atoms with van der Waals surface area (Å²) in [5, 5.41) is 9.24. The smallest absolute Gasteiger partial charge is 0.0931 e. The molecule has 159 valence electrons. The Morgan fingerprint density at radius 2 is 1.68 bits per heavy atom. The van der Waals surface area contributed by atoms with Crippen molar-refractivity contribution in [2.75, 3.05) is 0 Å². The number of hydrogen-bond acceptors (Lipinski definition) is 1. The van der Waals surface area contributed by atoms with Crippen LogP contribution in [0.3, 0.4) is 0 Å². The van der Waals surface area contributed by atoms with Gasteiger partial charge in [-0.1, -0.05) is 23.9 Å². The summed E-state index contributed by atoms with van der Waals surface area (Å²) in [4.78, 5) is 0. The Kier molecular flexibility index (Phi) is 7.37. The zero-order valence-corrected chi connectivity index (χ0v) is 24.4. The van der Waals surface area contributed by atoms with Crippen LogP contribution in [0.15, 0.2) is 58.3 Å². The van der Waals surface area contributed by atoms with E-state index in [1.165, 1.54) is 21.9 Å². The van der Waals surface area contributed by atoms with E-state index in [1.54, 1.807) is 52.2 Å². The first-order chi connectivity index (χ1) is 13.8. The molecule has 0 spiro atoms. The third-order valence-electron chi connectivity index (χ3n) is 7.09. The summed E-state index contributed by atoms with van der Waals surface area (Å²) in [5.41, 5.74) is 10.4. The van der Waals surface area contributed by atoms with Crippen LogP contribution < -0.4 is 24.8 Å². The van der Waals surface area contributed by atoms with E-state index in [-0.39, 0.29) is 24.8 Å². The van der Waals surface area contributed by atoms with Gasteiger partial charge in [0, 0.05) is 5.54 Å². The molecule has 2 atom stereocenters. The van der Waals surface area contributed by atoms with E-state index in [0.29, 0.717) is 9.54 Å². The summed E-state index contributed by atoms with van der Waals surface area (Å²) in [6, 6.07) is 13.3. The van der Waals surface area contributed by atoms with Gasteiger partial charge in [0.25, 0.3) is 0 Å². The summed E-state index contributed by atoms with van der Waals surface area (Å²) >= 11 is 3.47. The molecule has 0 saturated heterocycles. The van der Waals surface area contributed by atoms with Crippen LogP contribution in [0.2, 0.25) is 13.1 Å². The number of fused-ring (bicyclic) bond motifs is 3. The Bertz CT molecular complexity index is 1210. The van der Waals surface area contributed by atoms with Crippen LogP contribution in [0.1, 0.15) is 52.2 Å². The van der Waals surface area contributed by atoms with Crippen molar-refractivity contribution in [1.82, 2.24) is 0 Å². The van der Waals surface area contributed by atoms with Crippen LogP contribution >= 0.6 is 11.3 Å². The Balaban J connectivity index is 0.000000173. The summed E-state index contributed by atoms with van der Waals surface area (Å²) in [6.45, 7) is 11.9. The minimum Gasteiger partial charge on any atom is -1.00 e. The normalized spacial score (nSPS) is 21.4. The zero-order chi connectivity index (χ0) is 20.5. The monoisotopic (exact) mass is 559 g/mol. The van der Waals surface area contributed by atoms with Gasteiger partial charge in [0.1, 0.15) is 0 Å². The number of allylic oxidation sites excluding steroid dienone is 2. The molecule has 3 heterocycles. The summed E-state index contributed by atoms with van der Waals surface area (Å²) in [7, 11) is -0.976. The molecule has 2 aliphatic carbocycles. The summed E-state index contributed by atoms with van der Waals surface area (Å²) in [6.07, 6.45) is 2.43. The summed E-state index contributed by atoms with van der Waals surface area (Å²) in [5.74, 6) is 0.658. The van der Waals surface area contributed by atoms with Crippen molar-refractivity contribution < 1.29 is 49.5 Å².